The van der Waals surface area contributed by atoms with Crippen molar-refractivity contribution >= 4 is 0 Å². The van der Waals surface area contributed by atoms with Gasteiger partial charge in [0.05, 0.1) is 26.2 Å². The van der Waals surface area contributed by atoms with Crippen molar-refractivity contribution in [1.82, 2.24) is 0 Å². The molecule has 2 aliphatic heterocycles. The Bertz CT molecular complexity index is 207. The van der Waals surface area contributed by atoms with Crippen molar-refractivity contribution in [3.8, 4) is 0 Å². The highest BCUT2D eigenvalue weighted by molar-refractivity contribution is 4.88. The van der Waals surface area contributed by atoms with Gasteiger partial charge in [-0.05, 0) is 38.5 Å². The second-order valence-electron chi connectivity index (χ2n) is 6.15. The zero-order valence-electron chi connectivity index (χ0n) is 9.92. The topological polar surface area (TPSA) is 0 Å². The number of quaternary nitrogens is 1. The van der Waals surface area contributed by atoms with Crippen LogP contribution in [-0.4, -0.2) is 30.7 Å². The Kier molecular flexibility index (Phi) is 3.66. The van der Waals surface area contributed by atoms with Crippen LogP contribution >= 0.6 is 0 Å². The zero-order chi connectivity index (χ0) is 9.60. The van der Waals surface area contributed by atoms with Gasteiger partial charge in [0.15, 0.2) is 0 Å². The zero-order valence-corrected chi connectivity index (χ0v) is 12.1. The molecule has 1 saturated carbocycles. The van der Waals surface area contributed by atoms with Gasteiger partial charge in [-0.15, -0.1) is 0 Å². The largest absolute Gasteiger partial charge is 1.00 e. The lowest BCUT2D eigenvalue weighted by molar-refractivity contribution is -0.952. The van der Waals surface area contributed by atoms with Gasteiger partial charge in [-0.3, -0.25) is 0 Å². The summed E-state index contributed by atoms with van der Waals surface area (Å²) < 4.78 is 1.45. The number of rotatable bonds is 0. The van der Waals surface area contributed by atoms with Crippen LogP contribution in [0.25, 0.3) is 0 Å². The SMILES string of the molecule is C[N+]12CCCC3CCCC(CCC1)C32.[I-]. The third kappa shape index (κ3) is 1.97. The summed E-state index contributed by atoms with van der Waals surface area (Å²) in [5, 5.41) is 0. The second kappa shape index (κ2) is 4.52. The highest BCUT2D eigenvalue weighted by Gasteiger charge is 2.49. The molecule has 0 bridgehead atoms. The molecule has 3 fully saturated rings. The maximum atomic E-state index is 2.55. The molecule has 15 heavy (non-hydrogen) atoms. The first kappa shape index (κ1) is 12.2. The fourth-order valence-electron chi connectivity index (χ4n) is 4.86. The van der Waals surface area contributed by atoms with Gasteiger partial charge in [-0.2, -0.15) is 0 Å². The monoisotopic (exact) mass is 321 g/mol. The summed E-state index contributed by atoms with van der Waals surface area (Å²) in [4.78, 5) is 0. The van der Waals surface area contributed by atoms with Gasteiger partial charge in [0, 0.05) is 11.8 Å². The molecule has 0 spiro atoms. The first-order chi connectivity index (χ1) is 6.80. The van der Waals surface area contributed by atoms with Crippen molar-refractivity contribution in [1.29, 1.82) is 0 Å². The van der Waals surface area contributed by atoms with Gasteiger partial charge < -0.3 is 28.5 Å². The Morgan fingerprint density at radius 3 is 1.80 bits per heavy atom. The number of halogens is 1. The maximum absolute atomic E-state index is 2.55. The molecule has 0 amide bonds. The quantitative estimate of drug-likeness (QED) is 0.429. The van der Waals surface area contributed by atoms with Gasteiger partial charge in [-0.25, -0.2) is 0 Å². The first-order valence-corrected chi connectivity index (χ1v) is 6.64. The van der Waals surface area contributed by atoms with Crippen LogP contribution in [0, 0.1) is 11.8 Å². The summed E-state index contributed by atoms with van der Waals surface area (Å²) in [5.41, 5.74) is 0. The third-order valence-electron chi connectivity index (χ3n) is 5.32. The van der Waals surface area contributed by atoms with Crippen molar-refractivity contribution in [2.24, 2.45) is 11.8 Å². The third-order valence-corrected chi connectivity index (χ3v) is 5.32. The van der Waals surface area contributed by atoms with Crippen LogP contribution in [0.2, 0.25) is 0 Å². The molecule has 3 rings (SSSR count). The molecule has 0 radical (unpaired) electrons. The molecule has 3 aliphatic rings. The minimum absolute atomic E-state index is 0. The van der Waals surface area contributed by atoms with Gasteiger partial charge >= 0.3 is 0 Å². The van der Waals surface area contributed by atoms with E-state index in [0.717, 1.165) is 17.9 Å². The molecule has 1 nitrogen and oxygen atoms in total. The predicted molar refractivity (Wildman–Crippen MR) is 59.0 cm³/mol. The van der Waals surface area contributed by atoms with Crippen molar-refractivity contribution in [3.63, 3.8) is 0 Å². The van der Waals surface area contributed by atoms with Crippen LogP contribution in [0.1, 0.15) is 44.9 Å². The molecule has 0 aromatic heterocycles. The Balaban J connectivity index is 0.000000853. The molecule has 88 valence electrons. The smallest absolute Gasteiger partial charge is 0.0945 e. The number of hydrogen-bond acceptors (Lipinski definition) is 0. The van der Waals surface area contributed by atoms with E-state index in [1.165, 1.54) is 36.8 Å². The average molecular weight is 321 g/mol. The fourth-order valence-corrected chi connectivity index (χ4v) is 4.86. The lowest BCUT2D eigenvalue weighted by Gasteiger charge is -2.56. The molecule has 2 saturated heterocycles. The normalized spacial score (nSPS) is 49.0. The van der Waals surface area contributed by atoms with E-state index in [-0.39, 0.29) is 24.0 Å². The van der Waals surface area contributed by atoms with E-state index in [4.69, 9.17) is 0 Å². The molecule has 2 atom stereocenters. The van der Waals surface area contributed by atoms with E-state index >= 15 is 0 Å². The molecule has 1 aliphatic carbocycles. The summed E-state index contributed by atoms with van der Waals surface area (Å²) in [6.07, 6.45) is 10.7. The second-order valence-corrected chi connectivity index (χ2v) is 6.15. The van der Waals surface area contributed by atoms with Crippen molar-refractivity contribution in [2.45, 2.75) is 51.0 Å². The minimum Gasteiger partial charge on any atom is -1.00 e. The van der Waals surface area contributed by atoms with Crippen LogP contribution < -0.4 is 24.0 Å². The van der Waals surface area contributed by atoms with Crippen LogP contribution in [0.4, 0.5) is 0 Å². The molecule has 2 heterocycles. The summed E-state index contributed by atoms with van der Waals surface area (Å²) in [6, 6.07) is 1.08. The van der Waals surface area contributed by atoms with Crippen molar-refractivity contribution in [2.75, 3.05) is 20.1 Å². The van der Waals surface area contributed by atoms with E-state index in [9.17, 15) is 0 Å². The minimum atomic E-state index is 0. The Hall–Kier alpha value is 0.690. The highest BCUT2D eigenvalue weighted by atomic mass is 127. The molecular formula is C13H24IN. The maximum Gasteiger partial charge on any atom is 0.0945 e. The Labute approximate surface area is 111 Å². The van der Waals surface area contributed by atoms with Crippen molar-refractivity contribution < 1.29 is 28.5 Å². The Morgan fingerprint density at radius 2 is 1.27 bits per heavy atom. The van der Waals surface area contributed by atoms with Crippen LogP contribution in [-0.2, 0) is 0 Å². The number of hydrogen-bond donors (Lipinski definition) is 0. The van der Waals surface area contributed by atoms with E-state index in [1.54, 1.807) is 25.7 Å². The first-order valence-electron chi connectivity index (χ1n) is 6.64. The lowest BCUT2D eigenvalue weighted by Crippen LogP contribution is -3.00. The summed E-state index contributed by atoms with van der Waals surface area (Å²) in [6.45, 7) is 2.97. The molecule has 0 aromatic carbocycles. The number of nitrogens with zero attached hydrogens (tertiary/aromatic N) is 1. The van der Waals surface area contributed by atoms with Crippen LogP contribution in [0.15, 0.2) is 0 Å². The van der Waals surface area contributed by atoms with Crippen molar-refractivity contribution in [3.05, 3.63) is 0 Å². The van der Waals surface area contributed by atoms with Crippen LogP contribution in [0.5, 0.6) is 0 Å². The van der Waals surface area contributed by atoms with Gasteiger partial charge in [0.1, 0.15) is 0 Å². The number of piperidine rings is 2. The standard InChI is InChI=1S/C13H24N.HI/c1-14-9-3-7-11-5-2-6-12(13(11)14)8-4-10-14;/h11-13H,2-10H2,1H3;1H/q+1;/p-1. The molecule has 2 unspecified atom stereocenters. The van der Waals surface area contributed by atoms with E-state index in [2.05, 4.69) is 7.05 Å². The molecule has 2 heteroatoms. The Morgan fingerprint density at radius 1 is 0.800 bits per heavy atom. The molecule has 0 aromatic rings. The molecular weight excluding hydrogens is 297 g/mol. The van der Waals surface area contributed by atoms with Gasteiger partial charge in [-0.1, -0.05) is 6.42 Å². The summed E-state index contributed by atoms with van der Waals surface area (Å²) in [5.74, 6) is 2.21. The van der Waals surface area contributed by atoms with Crippen LogP contribution in [0.3, 0.4) is 0 Å². The predicted octanol–water partition coefficient (Wildman–Crippen LogP) is -0.190. The molecule has 0 N–H and O–H groups in total. The summed E-state index contributed by atoms with van der Waals surface area (Å²) in [7, 11) is 2.55. The fraction of sp³-hybridized carbons (Fsp3) is 1.00. The lowest BCUT2D eigenvalue weighted by atomic mass is 9.67. The summed E-state index contributed by atoms with van der Waals surface area (Å²) >= 11 is 0. The van der Waals surface area contributed by atoms with E-state index in [1.807, 2.05) is 0 Å². The van der Waals surface area contributed by atoms with Gasteiger partial charge in [0.25, 0.3) is 0 Å². The highest BCUT2D eigenvalue weighted by Crippen LogP contribution is 2.46. The average Bonchev–Trinajstić information content (AvgIpc) is 2.18. The van der Waals surface area contributed by atoms with Gasteiger partial charge in [0.2, 0.25) is 0 Å². The van der Waals surface area contributed by atoms with E-state index in [0.29, 0.717) is 0 Å². The van der Waals surface area contributed by atoms with E-state index < -0.39 is 0 Å².